The van der Waals surface area contributed by atoms with Crippen LogP contribution in [-0.2, 0) is 9.59 Å². The number of carbonyl (C=O) groups is 2. The molecule has 0 aromatic heterocycles. The van der Waals surface area contributed by atoms with E-state index in [1.54, 1.807) is 48.5 Å². The van der Waals surface area contributed by atoms with Crippen molar-refractivity contribution in [3.05, 3.63) is 64.7 Å². The van der Waals surface area contributed by atoms with Crippen molar-refractivity contribution in [1.29, 1.82) is 0 Å². The molecule has 0 saturated heterocycles. The largest absolute Gasteiger partial charge is 0.550 e. The van der Waals surface area contributed by atoms with Gasteiger partial charge in [-0.25, -0.2) is 0 Å². The van der Waals surface area contributed by atoms with Gasteiger partial charge in [-0.1, -0.05) is 22.7 Å². The van der Waals surface area contributed by atoms with Crippen LogP contribution < -0.4 is 15.2 Å². The highest BCUT2D eigenvalue weighted by Crippen LogP contribution is 2.34. The number of ether oxygens (including phenoxy) is 1. The Kier molecular flexibility index (Phi) is 6.05. The van der Waals surface area contributed by atoms with Crippen molar-refractivity contribution in [3.63, 3.8) is 0 Å². The van der Waals surface area contributed by atoms with Gasteiger partial charge in [0, 0.05) is 22.6 Å². The molecule has 146 valence electrons. The van der Waals surface area contributed by atoms with Gasteiger partial charge in [-0.2, -0.15) is 0 Å². The molecule has 1 amide bonds. The number of hydrogen-bond donors (Lipinski definition) is 1. The molecule has 3 rings (SSSR count). The molecule has 1 aliphatic rings. The first-order chi connectivity index (χ1) is 13.3. The standard InChI is InChI=1S/C22H22ClNO4/c1-13-11-19(20(22(26)27)12-14(13)2)21(25)24-16-5-9-18(10-6-16)28-17-7-3-15(23)4-8-17/h3-10,19-20H,11-12H2,1-2H3,(H,24,25)(H,26,27)/p-1/t19-,20-/m0/s1. The van der Waals surface area contributed by atoms with Crippen molar-refractivity contribution in [2.45, 2.75) is 26.7 Å². The summed E-state index contributed by atoms with van der Waals surface area (Å²) >= 11 is 5.86. The van der Waals surface area contributed by atoms with E-state index >= 15 is 0 Å². The quantitative estimate of drug-likeness (QED) is 0.766. The topological polar surface area (TPSA) is 78.5 Å². The van der Waals surface area contributed by atoms with Crippen molar-refractivity contribution in [1.82, 2.24) is 0 Å². The lowest BCUT2D eigenvalue weighted by Gasteiger charge is -2.32. The van der Waals surface area contributed by atoms with Crippen LogP contribution in [0.1, 0.15) is 26.7 Å². The van der Waals surface area contributed by atoms with Crippen LogP contribution in [0.2, 0.25) is 5.02 Å². The number of benzene rings is 2. The highest BCUT2D eigenvalue weighted by molar-refractivity contribution is 6.30. The average Bonchev–Trinajstić information content (AvgIpc) is 2.66. The van der Waals surface area contributed by atoms with Gasteiger partial charge in [-0.05, 0) is 75.2 Å². The first-order valence-corrected chi connectivity index (χ1v) is 9.41. The molecule has 1 aliphatic carbocycles. The monoisotopic (exact) mass is 398 g/mol. The molecule has 0 aliphatic heterocycles. The number of amides is 1. The lowest BCUT2D eigenvalue weighted by Crippen LogP contribution is -2.42. The Labute approximate surface area is 169 Å². The van der Waals surface area contributed by atoms with E-state index in [0.717, 1.165) is 11.1 Å². The molecule has 0 spiro atoms. The number of halogens is 1. The van der Waals surface area contributed by atoms with E-state index in [4.69, 9.17) is 16.3 Å². The van der Waals surface area contributed by atoms with Gasteiger partial charge in [0.05, 0.1) is 5.92 Å². The Bertz CT molecular complexity index is 903. The predicted molar refractivity (Wildman–Crippen MR) is 106 cm³/mol. The zero-order valence-corrected chi connectivity index (χ0v) is 16.5. The molecule has 0 bridgehead atoms. The number of hydrogen-bond acceptors (Lipinski definition) is 4. The summed E-state index contributed by atoms with van der Waals surface area (Å²) in [5, 5.41) is 14.9. The van der Waals surface area contributed by atoms with Gasteiger partial charge < -0.3 is 20.0 Å². The van der Waals surface area contributed by atoms with Crippen LogP contribution in [0.15, 0.2) is 59.7 Å². The summed E-state index contributed by atoms with van der Waals surface area (Å²) in [7, 11) is 0. The molecule has 0 heterocycles. The van der Waals surface area contributed by atoms with Crippen LogP contribution >= 0.6 is 11.6 Å². The molecule has 0 fully saturated rings. The Morgan fingerprint density at radius 2 is 1.43 bits per heavy atom. The molecule has 2 atom stereocenters. The maximum absolute atomic E-state index is 12.7. The summed E-state index contributed by atoms with van der Waals surface area (Å²) in [6.45, 7) is 3.84. The van der Waals surface area contributed by atoms with Crippen molar-refractivity contribution in [2.75, 3.05) is 5.32 Å². The number of aliphatic carboxylic acids is 1. The molecule has 0 radical (unpaired) electrons. The molecule has 6 heteroatoms. The smallest absolute Gasteiger partial charge is 0.228 e. The van der Waals surface area contributed by atoms with Gasteiger partial charge in [-0.15, -0.1) is 0 Å². The van der Waals surface area contributed by atoms with Crippen molar-refractivity contribution in [2.24, 2.45) is 11.8 Å². The molecule has 0 unspecified atom stereocenters. The first kappa shape index (κ1) is 20.0. The minimum atomic E-state index is -1.18. The fourth-order valence-corrected chi connectivity index (χ4v) is 3.42. The van der Waals surface area contributed by atoms with Gasteiger partial charge in [0.15, 0.2) is 0 Å². The van der Waals surface area contributed by atoms with Crippen molar-refractivity contribution >= 4 is 29.2 Å². The molecule has 5 nitrogen and oxygen atoms in total. The van der Waals surface area contributed by atoms with E-state index in [0.29, 0.717) is 35.1 Å². The van der Waals surface area contributed by atoms with Crippen LogP contribution in [0, 0.1) is 11.8 Å². The zero-order chi connectivity index (χ0) is 20.3. The second-order valence-electron chi connectivity index (χ2n) is 7.07. The normalized spacial score (nSPS) is 19.2. The van der Waals surface area contributed by atoms with Gasteiger partial charge in [0.2, 0.25) is 5.91 Å². The van der Waals surface area contributed by atoms with Gasteiger partial charge in [0.25, 0.3) is 0 Å². The molecule has 28 heavy (non-hydrogen) atoms. The Balaban J connectivity index is 1.66. The maximum Gasteiger partial charge on any atom is 0.228 e. The fourth-order valence-electron chi connectivity index (χ4n) is 3.30. The number of carboxylic acids is 1. The first-order valence-electron chi connectivity index (χ1n) is 9.04. The number of carbonyl (C=O) groups excluding carboxylic acids is 2. The Morgan fingerprint density at radius 1 is 0.929 bits per heavy atom. The molecule has 2 aromatic rings. The number of nitrogens with one attached hydrogen (secondary N) is 1. The van der Waals surface area contributed by atoms with E-state index in [1.165, 1.54) is 0 Å². The van der Waals surface area contributed by atoms with E-state index < -0.39 is 17.8 Å². The van der Waals surface area contributed by atoms with Gasteiger partial charge >= 0.3 is 0 Å². The second kappa shape index (κ2) is 8.48. The maximum atomic E-state index is 12.7. The highest BCUT2D eigenvalue weighted by atomic mass is 35.5. The number of anilines is 1. The summed E-state index contributed by atoms with van der Waals surface area (Å²) in [6, 6.07) is 13.9. The lowest BCUT2D eigenvalue weighted by atomic mass is 9.76. The summed E-state index contributed by atoms with van der Waals surface area (Å²) in [4.78, 5) is 24.1. The van der Waals surface area contributed by atoms with E-state index in [1.807, 2.05) is 13.8 Å². The third-order valence-electron chi connectivity index (χ3n) is 5.08. The highest BCUT2D eigenvalue weighted by Gasteiger charge is 2.33. The van der Waals surface area contributed by atoms with Crippen LogP contribution in [0.4, 0.5) is 5.69 Å². The summed E-state index contributed by atoms with van der Waals surface area (Å²) in [6.07, 6.45) is 0.772. The van der Waals surface area contributed by atoms with Crippen molar-refractivity contribution in [3.8, 4) is 11.5 Å². The van der Waals surface area contributed by atoms with Gasteiger partial charge in [-0.3, -0.25) is 4.79 Å². The second-order valence-corrected chi connectivity index (χ2v) is 7.51. The predicted octanol–water partition coefficient (Wildman–Crippen LogP) is 4.18. The summed E-state index contributed by atoms with van der Waals surface area (Å²) < 4.78 is 5.72. The Morgan fingerprint density at radius 3 is 1.96 bits per heavy atom. The number of carboxylic acid groups (broad SMARTS) is 1. The third-order valence-corrected chi connectivity index (χ3v) is 5.33. The van der Waals surface area contributed by atoms with Crippen LogP contribution in [0.5, 0.6) is 11.5 Å². The van der Waals surface area contributed by atoms with E-state index in [-0.39, 0.29) is 5.91 Å². The van der Waals surface area contributed by atoms with Crippen LogP contribution in [0.25, 0.3) is 0 Å². The molecule has 0 saturated carbocycles. The summed E-state index contributed by atoms with van der Waals surface area (Å²) in [5.74, 6) is -1.68. The molecular weight excluding hydrogens is 378 g/mol. The molecule has 2 aromatic carbocycles. The number of rotatable bonds is 5. The Hall–Kier alpha value is -2.79. The van der Waals surface area contributed by atoms with E-state index in [9.17, 15) is 14.7 Å². The van der Waals surface area contributed by atoms with Crippen LogP contribution in [0.3, 0.4) is 0 Å². The SMILES string of the molecule is CC1=C(C)C[C@H](C(=O)Nc2ccc(Oc3ccc(Cl)cc3)cc2)[C@@H](C(=O)[O-])C1. The minimum Gasteiger partial charge on any atom is -0.550 e. The number of allylic oxidation sites excluding steroid dienone is 2. The van der Waals surface area contributed by atoms with Crippen LogP contribution in [-0.4, -0.2) is 11.9 Å². The fraction of sp³-hybridized carbons (Fsp3) is 0.273. The van der Waals surface area contributed by atoms with Gasteiger partial charge in [0.1, 0.15) is 11.5 Å². The average molecular weight is 399 g/mol. The minimum absolute atomic E-state index is 0.313. The zero-order valence-electron chi connectivity index (χ0n) is 15.7. The molecule has 1 N–H and O–H groups in total. The third kappa shape index (κ3) is 4.73. The van der Waals surface area contributed by atoms with Crippen molar-refractivity contribution < 1.29 is 19.4 Å². The molecular formula is C22H21ClNO4-. The summed E-state index contributed by atoms with van der Waals surface area (Å²) in [5.41, 5.74) is 2.65. The lowest BCUT2D eigenvalue weighted by molar-refractivity contribution is -0.313. The van der Waals surface area contributed by atoms with E-state index in [2.05, 4.69) is 5.32 Å².